The lowest BCUT2D eigenvalue weighted by Crippen LogP contribution is -2.48. The quantitative estimate of drug-likeness (QED) is 0.365. The van der Waals surface area contributed by atoms with Crippen LogP contribution in [0.1, 0.15) is 31.2 Å². The Bertz CT molecular complexity index is 1400. The lowest BCUT2D eigenvalue weighted by Gasteiger charge is -2.35. The van der Waals surface area contributed by atoms with E-state index < -0.39 is 17.8 Å². The molecule has 41 heavy (non-hydrogen) atoms. The first kappa shape index (κ1) is 27.3. The third-order valence-electron chi connectivity index (χ3n) is 7.39. The highest BCUT2D eigenvalue weighted by molar-refractivity contribution is 6.04. The van der Waals surface area contributed by atoms with E-state index in [1.165, 1.54) is 6.07 Å². The van der Waals surface area contributed by atoms with Gasteiger partial charge in [-0.3, -0.25) is 10.2 Å². The Hall–Kier alpha value is -3.90. The molecule has 0 spiro atoms. The Morgan fingerprint density at radius 1 is 1.05 bits per heavy atom. The minimum absolute atomic E-state index is 0.134. The summed E-state index contributed by atoms with van der Waals surface area (Å²) in [7, 11) is 0. The Labute approximate surface area is 235 Å². The molecular weight excluding hydrogens is 539 g/mol. The smallest absolute Gasteiger partial charge is 0.416 e. The molecule has 0 aliphatic carbocycles. The summed E-state index contributed by atoms with van der Waals surface area (Å²) in [6.45, 7) is 2.74. The van der Waals surface area contributed by atoms with Gasteiger partial charge in [0, 0.05) is 31.3 Å². The number of carbonyl (C=O) groups is 1. The van der Waals surface area contributed by atoms with Crippen molar-refractivity contribution in [1.82, 2.24) is 9.97 Å². The van der Waals surface area contributed by atoms with Gasteiger partial charge >= 0.3 is 12.2 Å². The van der Waals surface area contributed by atoms with Gasteiger partial charge in [-0.15, -0.1) is 0 Å². The van der Waals surface area contributed by atoms with Crippen LogP contribution in [-0.2, 0) is 15.7 Å². The molecule has 216 valence electrons. The van der Waals surface area contributed by atoms with E-state index in [9.17, 15) is 18.0 Å². The second kappa shape index (κ2) is 11.5. The van der Waals surface area contributed by atoms with E-state index in [0.717, 1.165) is 50.0 Å². The average molecular weight is 570 g/mol. The molecule has 2 saturated heterocycles. The standard InChI is InChI=1S/C29H30F3N5O4/c30-29(31,32)20-6-3-5-19(17-20)22-10-11-23-27(33-22)37(21-12-13-36(23)18-21)28(38)35-24-7-4-8-25(34-24)39-15-16-41-26-9-1-2-14-40-26/h3-8,10-11,17,21,26H,1-2,9,12-16,18H2,(H,34,35,38). The number of halogens is 3. The molecule has 5 heterocycles. The number of alkyl halides is 3. The van der Waals surface area contributed by atoms with Crippen LogP contribution in [0.3, 0.4) is 0 Å². The fourth-order valence-corrected chi connectivity index (χ4v) is 5.39. The van der Waals surface area contributed by atoms with Gasteiger partial charge in [0.25, 0.3) is 0 Å². The number of carbonyl (C=O) groups excluding carboxylic acids is 1. The number of hydrogen-bond acceptors (Lipinski definition) is 7. The number of fused-ring (bicyclic) bond motifs is 4. The number of rotatable bonds is 7. The zero-order valence-corrected chi connectivity index (χ0v) is 22.3. The number of pyridine rings is 2. The third-order valence-corrected chi connectivity index (χ3v) is 7.39. The molecule has 9 nitrogen and oxygen atoms in total. The number of nitrogens with one attached hydrogen (secondary N) is 1. The summed E-state index contributed by atoms with van der Waals surface area (Å²) in [5.74, 6) is 1.05. The number of amides is 2. The Kier molecular flexibility index (Phi) is 7.67. The summed E-state index contributed by atoms with van der Waals surface area (Å²) in [5.41, 5.74) is 0.678. The van der Waals surface area contributed by atoms with Gasteiger partial charge in [0.05, 0.1) is 29.6 Å². The molecule has 2 atom stereocenters. The molecule has 0 saturated carbocycles. The maximum atomic E-state index is 13.6. The van der Waals surface area contributed by atoms with Gasteiger partial charge in [0.1, 0.15) is 12.4 Å². The van der Waals surface area contributed by atoms with Crippen LogP contribution in [0.15, 0.2) is 54.6 Å². The number of benzene rings is 1. The summed E-state index contributed by atoms with van der Waals surface area (Å²) in [5, 5.41) is 2.84. The van der Waals surface area contributed by atoms with Crippen LogP contribution < -0.4 is 19.9 Å². The first-order valence-electron chi connectivity index (χ1n) is 13.7. The van der Waals surface area contributed by atoms with Gasteiger partial charge in [0.2, 0.25) is 5.88 Å². The number of urea groups is 1. The highest BCUT2D eigenvalue weighted by Crippen LogP contribution is 2.41. The number of hydrogen-bond donors (Lipinski definition) is 1. The molecule has 6 rings (SSSR count). The molecule has 3 aromatic rings. The lowest BCUT2D eigenvalue weighted by atomic mass is 10.1. The number of ether oxygens (including phenoxy) is 3. The van der Waals surface area contributed by atoms with Gasteiger partial charge < -0.3 is 19.1 Å². The Morgan fingerprint density at radius 3 is 2.76 bits per heavy atom. The minimum atomic E-state index is -4.47. The van der Waals surface area contributed by atoms with Gasteiger partial charge in [0.15, 0.2) is 12.1 Å². The monoisotopic (exact) mass is 569 g/mol. The molecular formula is C29H30F3N5O4. The highest BCUT2D eigenvalue weighted by Gasteiger charge is 2.40. The predicted molar refractivity (Wildman–Crippen MR) is 146 cm³/mol. The second-order valence-corrected chi connectivity index (χ2v) is 10.2. The summed E-state index contributed by atoms with van der Waals surface area (Å²) in [6.07, 6.45) is -0.931. The second-order valence-electron chi connectivity index (χ2n) is 10.2. The maximum absolute atomic E-state index is 13.6. The topological polar surface area (TPSA) is 89.0 Å². The van der Waals surface area contributed by atoms with Crippen molar-refractivity contribution in [3.05, 3.63) is 60.2 Å². The maximum Gasteiger partial charge on any atom is 0.416 e. The molecule has 1 N–H and O–H groups in total. The molecule has 2 fully saturated rings. The van der Waals surface area contributed by atoms with Crippen molar-refractivity contribution in [2.45, 2.75) is 44.2 Å². The largest absolute Gasteiger partial charge is 0.475 e. The van der Waals surface area contributed by atoms with Crippen LogP contribution in [0.2, 0.25) is 0 Å². The van der Waals surface area contributed by atoms with Crippen molar-refractivity contribution in [3.63, 3.8) is 0 Å². The van der Waals surface area contributed by atoms with Crippen LogP contribution in [0.4, 0.5) is 35.3 Å². The van der Waals surface area contributed by atoms with Crippen molar-refractivity contribution in [1.29, 1.82) is 0 Å². The van der Waals surface area contributed by atoms with Crippen molar-refractivity contribution < 1.29 is 32.2 Å². The summed E-state index contributed by atoms with van der Waals surface area (Å²) < 4.78 is 56.9. The molecule has 12 heteroatoms. The zero-order chi connectivity index (χ0) is 28.4. The molecule has 3 aliphatic heterocycles. The van der Waals surface area contributed by atoms with Crippen molar-refractivity contribution >= 4 is 23.4 Å². The number of nitrogens with zero attached hydrogens (tertiary/aromatic N) is 4. The SMILES string of the molecule is O=C(Nc1cccc(OCCOC2CCCCO2)n1)N1c2nc(-c3cccc(C(F)(F)F)c3)ccc2N2CCC1C2. The van der Waals surface area contributed by atoms with E-state index in [2.05, 4.69) is 20.2 Å². The van der Waals surface area contributed by atoms with E-state index in [4.69, 9.17) is 14.2 Å². The molecule has 2 unspecified atom stereocenters. The summed E-state index contributed by atoms with van der Waals surface area (Å²) in [4.78, 5) is 26.4. The minimum Gasteiger partial charge on any atom is -0.475 e. The average Bonchev–Trinajstić information content (AvgIpc) is 3.39. The first-order chi connectivity index (χ1) is 19.8. The normalized spacial score (nSPS) is 20.1. The van der Waals surface area contributed by atoms with Gasteiger partial charge in [-0.25, -0.2) is 9.78 Å². The lowest BCUT2D eigenvalue weighted by molar-refractivity contribution is -0.165. The zero-order valence-electron chi connectivity index (χ0n) is 22.3. The van der Waals surface area contributed by atoms with E-state index in [1.807, 2.05) is 6.07 Å². The van der Waals surface area contributed by atoms with Crippen molar-refractivity contribution in [2.24, 2.45) is 0 Å². The van der Waals surface area contributed by atoms with E-state index >= 15 is 0 Å². The summed E-state index contributed by atoms with van der Waals surface area (Å²) in [6, 6.07) is 13.1. The highest BCUT2D eigenvalue weighted by atomic mass is 19.4. The first-order valence-corrected chi connectivity index (χ1v) is 13.7. The summed E-state index contributed by atoms with van der Waals surface area (Å²) >= 11 is 0. The Balaban J connectivity index is 1.17. The molecule has 2 aromatic heterocycles. The van der Waals surface area contributed by atoms with Crippen LogP contribution in [0, 0.1) is 0 Å². The van der Waals surface area contributed by atoms with E-state index in [1.54, 1.807) is 35.2 Å². The molecule has 2 amide bonds. The van der Waals surface area contributed by atoms with E-state index in [0.29, 0.717) is 48.5 Å². The molecule has 3 aliphatic rings. The van der Waals surface area contributed by atoms with Crippen molar-refractivity contribution in [2.75, 3.05) is 48.0 Å². The fourth-order valence-electron chi connectivity index (χ4n) is 5.39. The van der Waals surface area contributed by atoms with Gasteiger partial charge in [-0.05, 0) is 56.0 Å². The van der Waals surface area contributed by atoms with Crippen LogP contribution in [0.25, 0.3) is 11.3 Å². The molecule has 0 radical (unpaired) electrons. The van der Waals surface area contributed by atoms with Gasteiger partial charge in [-0.1, -0.05) is 18.2 Å². The van der Waals surface area contributed by atoms with Crippen molar-refractivity contribution in [3.8, 4) is 17.1 Å². The number of aromatic nitrogens is 2. The fraction of sp³-hybridized carbons (Fsp3) is 0.414. The van der Waals surface area contributed by atoms with Gasteiger partial charge in [-0.2, -0.15) is 18.2 Å². The number of anilines is 3. The molecule has 2 bridgehead atoms. The van der Waals surface area contributed by atoms with Crippen LogP contribution >= 0.6 is 0 Å². The third kappa shape index (κ3) is 6.08. The predicted octanol–water partition coefficient (Wildman–Crippen LogP) is 5.72. The van der Waals surface area contributed by atoms with Crippen LogP contribution in [-0.4, -0.2) is 61.2 Å². The van der Waals surface area contributed by atoms with E-state index in [-0.39, 0.29) is 18.9 Å². The molecule has 1 aromatic carbocycles. The van der Waals surface area contributed by atoms with Crippen LogP contribution in [0.5, 0.6) is 5.88 Å². The Morgan fingerprint density at radius 2 is 1.93 bits per heavy atom.